The highest BCUT2D eigenvalue weighted by Crippen LogP contribution is 2.21. The summed E-state index contributed by atoms with van der Waals surface area (Å²) in [6, 6.07) is 0.557. The van der Waals surface area contributed by atoms with E-state index in [1.807, 2.05) is 0 Å². The standard InChI is InChI=1S/C12H20N2/c1-10-5-6-12(13-8-10)11-4-3-7-14(2)9-11/h5-6,8,11-13H,3-4,7,9H2,1-2H3. The van der Waals surface area contributed by atoms with E-state index < -0.39 is 0 Å². The lowest BCUT2D eigenvalue weighted by Crippen LogP contribution is -2.42. The van der Waals surface area contributed by atoms with Crippen molar-refractivity contribution < 1.29 is 0 Å². The minimum Gasteiger partial charge on any atom is -0.384 e. The molecule has 0 bridgehead atoms. The van der Waals surface area contributed by atoms with E-state index in [2.05, 4.69) is 42.5 Å². The molecule has 2 aliphatic heterocycles. The Morgan fingerprint density at radius 3 is 3.00 bits per heavy atom. The largest absolute Gasteiger partial charge is 0.384 e. The van der Waals surface area contributed by atoms with E-state index in [1.54, 1.807) is 0 Å². The summed E-state index contributed by atoms with van der Waals surface area (Å²) >= 11 is 0. The predicted molar refractivity (Wildman–Crippen MR) is 60.0 cm³/mol. The Labute approximate surface area is 86.7 Å². The van der Waals surface area contributed by atoms with Crippen molar-refractivity contribution in [2.75, 3.05) is 20.1 Å². The maximum Gasteiger partial charge on any atom is 0.0482 e. The zero-order chi connectivity index (χ0) is 9.97. The maximum atomic E-state index is 3.48. The molecule has 1 fully saturated rings. The van der Waals surface area contributed by atoms with Crippen LogP contribution in [0.5, 0.6) is 0 Å². The van der Waals surface area contributed by atoms with Gasteiger partial charge in [-0.3, -0.25) is 0 Å². The number of nitrogens with one attached hydrogen (secondary N) is 1. The Morgan fingerprint density at radius 2 is 2.36 bits per heavy atom. The van der Waals surface area contributed by atoms with Crippen LogP contribution in [0.15, 0.2) is 23.9 Å². The fourth-order valence-electron chi connectivity index (χ4n) is 2.38. The molecule has 2 rings (SSSR count). The summed E-state index contributed by atoms with van der Waals surface area (Å²) in [4.78, 5) is 2.44. The summed E-state index contributed by atoms with van der Waals surface area (Å²) in [7, 11) is 2.22. The van der Waals surface area contributed by atoms with Crippen LogP contribution in [0, 0.1) is 5.92 Å². The minimum atomic E-state index is 0.557. The molecule has 0 radical (unpaired) electrons. The molecular weight excluding hydrogens is 172 g/mol. The molecule has 2 atom stereocenters. The van der Waals surface area contributed by atoms with Crippen molar-refractivity contribution in [2.24, 2.45) is 5.92 Å². The molecular formula is C12H20N2. The van der Waals surface area contributed by atoms with Gasteiger partial charge in [0, 0.05) is 12.6 Å². The molecule has 1 saturated heterocycles. The number of nitrogens with zero attached hydrogens (tertiary/aromatic N) is 1. The lowest BCUT2D eigenvalue weighted by atomic mass is 9.89. The van der Waals surface area contributed by atoms with Gasteiger partial charge in [-0.2, -0.15) is 0 Å². The molecule has 2 unspecified atom stereocenters. The first kappa shape index (κ1) is 9.78. The van der Waals surface area contributed by atoms with Gasteiger partial charge in [0.2, 0.25) is 0 Å². The molecule has 2 heteroatoms. The summed E-state index contributed by atoms with van der Waals surface area (Å²) in [6.45, 7) is 4.63. The van der Waals surface area contributed by atoms with Crippen LogP contribution in [0.25, 0.3) is 0 Å². The number of hydrogen-bond acceptors (Lipinski definition) is 2. The third-order valence-corrected chi connectivity index (χ3v) is 3.24. The van der Waals surface area contributed by atoms with Gasteiger partial charge in [-0.1, -0.05) is 12.2 Å². The van der Waals surface area contributed by atoms with Crippen molar-refractivity contribution in [3.8, 4) is 0 Å². The number of hydrogen-bond donors (Lipinski definition) is 1. The van der Waals surface area contributed by atoms with Gasteiger partial charge < -0.3 is 10.2 Å². The summed E-state index contributed by atoms with van der Waals surface area (Å²) in [6.07, 6.45) is 9.39. The Balaban J connectivity index is 1.93. The molecule has 0 aromatic heterocycles. The molecule has 0 aromatic rings. The van der Waals surface area contributed by atoms with Crippen LogP contribution >= 0.6 is 0 Å². The minimum absolute atomic E-state index is 0.557. The van der Waals surface area contributed by atoms with E-state index in [0.717, 1.165) is 5.92 Å². The number of likely N-dealkylation sites (tertiary alicyclic amines) is 1. The second kappa shape index (κ2) is 4.18. The van der Waals surface area contributed by atoms with Crippen molar-refractivity contribution in [3.63, 3.8) is 0 Å². The Hall–Kier alpha value is -0.760. The van der Waals surface area contributed by atoms with Crippen molar-refractivity contribution in [2.45, 2.75) is 25.8 Å². The smallest absolute Gasteiger partial charge is 0.0482 e. The summed E-state index contributed by atoms with van der Waals surface area (Å²) in [5.74, 6) is 0.786. The molecule has 0 spiro atoms. The van der Waals surface area contributed by atoms with Crippen LogP contribution in [-0.4, -0.2) is 31.1 Å². The molecule has 2 aliphatic rings. The Kier molecular flexibility index (Phi) is 2.92. The fourth-order valence-corrected chi connectivity index (χ4v) is 2.38. The van der Waals surface area contributed by atoms with E-state index in [1.165, 1.54) is 31.5 Å². The van der Waals surface area contributed by atoms with Crippen molar-refractivity contribution >= 4 is 0 Å². The van der Waals surface area contributed by atoms with Crippen LogP contribution in [-0.2, 0) is 0 Å². The second-order valence-corrected chi connectivity index (χ2v) is 4.60. The van der Waals surface area contributed by atoms with Crippen LogP contribution in [0.3, 0.4) is 0 Å². The van der Waals surface area contributed by atoms with Gasteiger partial charge in [0.15, 0.2) is 0 Å². The molecule has 2 nitrogen and oxygen atoms in total. The van der Waals surface area contributed by atoms with Crippen LogP contribution in [0.2, 0.25) is 0 Å². The predicted octanol–water partition coefficient (Wildman–Crippen LogP) is 1.76. The van der Waals surface area contributed by atoms with Crippen LogP contribution in [0.4, 0.5) is 0 Å². The first-order valence-corrected chi connectivity index (χ1v) is 5.55. The number of allylic oxidation sites excluding steroid dienone is 2. The number of dihydropyridines is 1. The zero-order valence-corrected chi connectivity index (χ0v) is 9.16. The van der Waals surface area contributed by atoms with Crippen molar-refractivity contribution in [1.82, 2.24) is 10.2 Å². The first-order valence-electron chi connectivity index (χ1n) is 5.55. The fraction of sp³-hybridized carbons (Fsp3) is 0.667. The lowest BCUT2D eigenvalue weighted by Gasteiger charge is -2.35. The molecule has 0 saturated carbocycles. The second-order valence-electron chi connectivity index (χ2n) is 4.60. The highest BCUT2D eigenvalue weighted by atomic mass is 15.1. The highest BCUT2D eigenvalue weighted by Gasteiger charge is 2.24. The average Bonchev–Trinajstić information content (AvgIpc) is 2.19. The van der Waals surface area contributed by atoms with E-state index in [0.29, 0.717) is 6.04 Å². The van der Waals surface area contributed by atoms with E-state index in [9.17, 15) is 0 Å². The number of piperidine rings is 1. The third-order valence-electron chi connectivity index (χ3n) is 3.24. The first-order chi connectivity index (χ1) is 6.75. The molecule has 0 amide bonds. The topological polar surface area (TPSA) is 15.3 Å². The van der Waals surface area contributed by atoms with Gasteiger partial charge in [0.25, 0.3) is 0 Å². The molecule has 2 heterocycles. The van der Waals surface area contributed by atoms with Gasteiger partial charge in [0.1, 0.15) is 0 Å². The molecule has 14 heavy (non-hydrogen) atoms. The molecule has 78 valence electrons. The molecule has 0 aliphatic carbocycles. The van der Waals surface area contributed by atoms with Crippen LogP contribution < -0.4 is 5.32 Å². The third kappa shape index (κ3) is 2.18. The Bertz CT molecular complexity index is 255. The van der Waals surface area contributed by atoms with E-state index in [4.69, 9.17) is 0 Å². The molecule has 0 aromatic carbocycles. The van der Waals surface area contributed by atoms with Gasteiger partial charge in [-0.25, -0.2) is 0 Å². The monoisotopic (exact) mass is 192 g/mol. The Morgan fingerprint density at radius 1 is 1.50 bits per heavy atom. The van der Waals surface area contributed by atoms with Gasteiger partial charge in [0.05, 0.1) is 0 Å². The normalized spacial score (nSPS) is 33.7. The average molecular weight is 192 g/mol. The SMILES string of the molecule is CC1=CNC(C2CCCN(C)C2)C=C1. The summed E-state index contributed by atoms with van der Waals surface area (Å²) in [5, 5.41) is 3.48. The highest BCUT2D eigenvalue weighted by molar-refractivity contribution is 5.22. The number of rotatable bonds is 1. The summed E-state index contributed by atoms with van der Waals surface area (Å²) in [5.41, 5.74) is 1.32. The quantitative estimate of drug-likeness (QED) is 0.681. The van der Waals surface area contributed by atoms with Gasteiger partial charge >= 0.3 is 0 Å². The van der Waals surface area contributed by atoms with E-state index >= 15 is 0 Å². The van der Waals surface area contributed by atoms with Crippen molar-refractivity contribution in [3.05, 3.63) is 23.9 Å². The molecule has 1 N–H and O–H groups in total. The van der Waals surface area contributed by atoms with Gasteiger partial charge in [-0.15, -0.1) is 0 Å². The van der Waals surface area contributed by atoms with Crippen molar-refractivity contribution in [1.29, 1.82) is 0 Å². The summed E-state index contributed by atoms with van der Waals surface area (Å²) < 4.78 is 0. The van der Waals surface area contributed by atoms with E-state index in [-0.39, 0.29) is 0 Å². The zero-order valence-electron chi connectivity index (χ0n) is 9.16. The van der Waals surface area contributed by atoms with Crippen LogP contribution in [0.1, 0.15) is 19.8 Å². The van der Waals surface area contributed by atoms with Gasteiger partial charge in [-0.05, 0) is 51.0 Å². The maximum absolute atomic E-state index is 3.48. The lowest BCUT2D eigenvalue weighted by molar-refractivity contribution is 0.192.